The molecule has 2 fully saturated rings. The fourth-order valence-electron chi connectivity index (χ4n) is 6.02. The monoisotopic (exact) mass is 547 g/mol. The molecule has 2 saturated heterocycles. The lowest BCUT2D eigenvalue weighted by Gasteiger charge is -2.42. The number of nitrogens with zero attached hydrogens (tertiary/aromatic N) is 1. The first kappa shape index (κ1) is 23.8. The normalized spacial score (nSPS) is 24.9. The third-order valence-electron chi connectivity index (χ3n) is 7.85. The highest BCUT2D eigenvalue weighted by Crippen LogP contribution is 2.57. The summed E-state index contributed by atoms with van der Waals surface area (Å²) in [7, 11) is 5.30. The predicted molar refractivity (Wildman–Crippen MR) is 145 cm³/mol. The van der Waals surface area contributed by atoms with Crippen molar-refractivity contribution < 1.29 is 28.5 Å². The standard InChI is InChI=1S/C29H25NO6S2/c1-33-18-8-10-22-25(13-18)35-26-14-19(34-28(32)30-12-4-5-17-15-37-38-16-24(17)30)9-11-23(26)29(22)21-7-3-2-6-20(21)27(31)36-29/h2-3,6-11,13-14,17,24H,4-5,12,15-16H2,1H3/t17-,24?,29?/m1/s1. The number of hydrogen-bond donors (Lipinski definition) is 0. The smallest absolute Gasteiger partial charge is 0.415 e. The molecule has 3 aromatic rings. The molecular formula is C29H25NO6S2. The van der Waals surface area contributed by atoms with Crippen LogP contribution >= 0.6 is 21.6 Å². The third-order valence-corrected chi connectivity index (χ3v) is 10.4. The number of carbonyl (C=O) groups excluding carboxylic acids is 2. The van der Waals surface area contributed by atoms with Crippen LogP contribution in [0.2, 0.25) is 0 Å². The highest BCUT2D eigenvalue weighted by atomic mass is 33.1. The fraction of sp³-hybridized carbons (Fsp3) is 0.310. The maximum Gasteiger partial charge on any atom is 0.415 e. The molecule has 4 aliphatic heterocycles. The van der Waals surface area contributed by atoms with Crippen LogP contribution in [-0.2, 0) is 10.3 Å². The first-order valence-corrected chi connectivity index (χ1v) is 15.1. The van der Waals surface area contributed by atoms with Crippen LogP contribution < -0.4 is 14.2 Å². The number of carbonyl (C=O) groups is 2. The van der Waals surface area contributed by atoms with Gasteiger partial charge in [0.2, 0.25) is 0 Å². The Morgan fingerprint density at radius 2 is 1.71 bits per heavy atom. The van der Waals surface area contributed by atoms with E-state index in [1.165, 1.54) is 0 Å². The summed E-state index contributed by atoms with van der Waals surface area (Å²) in [5, 5.41) is 0. The number of hydrogen-bond acceptors (Lipinski definition) is 8. The van der Waals surface area contributed by atoms with Crippen molar-refractivity contribution in [2.45, 2.75) is 24.5 Å². The number of ether oxygens (including phenoxy) is 4. The van der Waals surface area contributed by atoms with Crippen LogP contribution in [0.3, 0.4) is 0 Å². The zero-order valence-corrected chi connectivity index (χ0v) is 22.3. The number of esters is 1. The molecule has 0 aliphatic carbocycles. The predicted octanol–water partition coefficient (Wildman–Crippen LogP) is 6.24. The molecule has 0 bridgehead atoms. The Balaban J connectivity index is 1.28. The SMILES string of the molecule is COc1ccc2c(c1)Oc1cc(OC(=O)N3CCC[C@@H]4CSSCC43)ccc1C21OC(=O)c2ccccc21. The molecule has 3 aromatic carbocycles. The van der Waals surface area contributed by atoms with E-state index in [0.29, 0.717) is 52.2 Å². The molecule has 194 valence electrons. The average molecular weight is 548 g/mol. The number of methoxy groups -OCH3 is 1. The molecular weight excluding hydrogens is 522 g/mol. The van der Waals surface area contributed by atoms with Crippen LogP contribution in [0.4, 0.5) is 4.79 Å². The van der Waals surface area contributed by atoms with Gasteiger partial charge in [-0.15, -0.1) is 0 Å². The van der Waals surface area contributed by atoms with Crippen LogP contribution in [0.1, 0.15) is 39.9 Å². The van der Waals surface area contributed by atoms with Gasteiger partial charge in [-0.1, -0.05) is 39.8 Å². The van der Waals surface area contributed by atoms with Gasteiger partial charge in [-0.25, -0.2) is 9.59 Å². The second-order valence-electron chi connectivity index (χ2n) is 9.84. The molecule has 0 N–H and O–H groups in total. The summed E-state index contributed by atoms with van der Waals surface area (Å²) in [6, 6.07) is 18.4. The first-order chi connectivity index (χ1) is 18.6. The van der Waals surface area contributed by atoms with Crippen molar-refractivity contribution in [3.05, 3.63) is 82.9 Å². The van der Waals surface area contributed by atoms with Crippen LogP contribution in [-0.4, -0.2) is 48.2 Å². The Morgan fingerprint density at radius 3 is 2.53 bits per heavy atom. The molecule has 1 spiro atoms. The van der Waals surface area contributed by atoms with Crippen molar-refractivity contribution in [2.24, 2.45) is 5.92 Å². The highest BCUT2D eigenvalue weighted by molar-refractivity contribution is 8.76. The minimum atomic E-state index is -1.18. The van der Waals surface area contributed by atoms with Gasteiger partial charge >= 0.3 is 12.1 Å². The summed E-state index contributed by atoms with van der Waals surface area (Å²) >= 11 is 0. The summed E-state index contributed by atoms with van der Waals surface area (Å²) in [6.45, 7) is 0.704. The molecule has 0 saturated carbocycles. The fourth-order valence-corrected chi connectivity index (χ4v) is 8.89. The van der Waals surface area contributed by atoms with Gasteiger partial charge in [-0.05, 0) is 49.1 Å². The number of rotatable bonds is 2. The molecule has 0 aromatic heterocycles. The summed E-state index contributed by atoms with van der Waals surface area (Å²) in [4.78, 5) is 28.2. The van der Waals surface area contributed by atoms with E-state index >= 15 is 0 Å². The number of likely N-dealkylation sites (tertiary alicyclic amines) is 1. The Bertz CT molecular complexity index is 1460. The van der Waals surface area contributed by atoms with E-state index in [2.05, 4.69) is 0 Å². The molecule has 1 amide bonds. The van der Waals surface area contributed by atoms with Gasteiger partial charge in [0.15, 0.2) is 5.60 Å². The van der Waals surface area contributed by atoms with E-state index in [9.17, 15) is 9.59 Å². The van der Waals surface area contributed by atoms with E-state index in [1.54, 1.807) is 31.4 Å². The molecule has 7 rings (SSSR count). The van der Waals surface area contributed by atoms with E-state index in [-0.39, 0.29) is 12.1 Å². The first-order valence-electron chi connectivity index (χ1n) is 12.6. The van der Waals surface area contributed by atoms with E-state index < -0.39 is 11.6 Å². The van der Waals surface area contributed by atoms with E-state index in [4.69, 9.17) is 18.9 Å². The van der Waals surface area contributed by atoms with Crippen LogP contribution in [0, 0.1) is 5.92 Å². The van der Waals surface area contributed by atoms with Crippen molar-refractivity contribution in [3.8, 4) is 23.0 Å². The van der Waals surface area contributed by atoms with Crippen molar-refractivity contribution in [3.63, 3.8) is 0 Å². The zero-order valence-electron chi connectivity index (χ0n) is 20.7. The number of amides is 1. The van der Waals surface area contributed by atoms with Gasteiger partial charge in [0.05, 0.1) is 12.7 Å². The topological polar surface area (TPSA) is 74.3 Å². The Morgan fingerprint density at radius 1 is 0.974 bits per heavy atom. The molecule has 9 heteroatoms. The molecule has 0 radical (unpaired) electrons. The van der Waals surface area contributed by atoms with Crippen molar-refractivity contribution >= 4 is 33.7 Å². The van der Waals surface area contributed by atoms with Gasteiger partial charge in [0.1, 0.15) is 23.0 Å². The molecule has 4 aliphatic rings. The average Bonchev–Trinajstić information content (AvgIpc) is 3.25. The molecule has 4 heterocycles. The molecule has 2 unspecified atom stereocenters. The largest absolute Gasteiger partial charge is 0.497 e. The third kappa shape index (κ3) is 3.59. The minimum Gasteiger partial charge on any atom is -0.497 e. The van der Waals surface area contributed by atoms with E-state index in [0.717, 1.165) is 29.9 Å². The zero-order chi connectivity index (χ0) is 25.9. The number of fused-ring (bicyclic) bond motifs is 7. The number of piperidine rings is 1. The molecule has 38 heavy (non-hydrogen) atoms. The molecule has 3 atom stereocenters. The lowest BCUT2D eigenvalue weighted by molar-refractivity contribution is 0.0224. The quantitative estimate of drug-likeness (QED) is 0.276. The lowest BCUT2D eigenvalue weighted by atomic mass is 9.77. The van der Waals surface area contributed by atoms with Gasteiger partial charge in [-0.2, -0.15) is 0 Å². The highest BCUT2D eigenvalue weighted by Gasteiger charge is 2.53. The van der Waals surface area contributed by atoms with Crippen molar-refractivity contribution in [1.29, 1.82) is 0 Å². The van der Waals surface area contributed by atoms with Gasteiger partial charge in [0, 0.05) is 52.9 Å². The summed E-state index contributed by atoms with van der Waals surface area (Å²) in [5.41, 5.74) is 1.47. The van der Waals surface area contributed by atoms with Crippen molar-refractivity contribution in [2.75, 3.05) is 25.2 Å². The number of benzene rings is 3. The summed E-state index contributed by atoms with van der Waals surface area (Å²) in [5.74, 6) is 4.08. The van der Waals surface area contributed by atoms with Gasteiger partial charge in [-0.3, -0.25) is 0 Å². The minimum absolute atomic E-state index is 0.202. The maximum absolute atomic E-state index is 13.3. The van der Waals surface area contributed by atoms with Crippen molar-refractivity contribution in [1.82, 2.24) is 4.90 Å². The Labute approximate surface area is 228 Å². The van der Waals surface area contributed by atoms with Gasteiger partial charge < -0.3 is 23.8 Å². The Kier molecular flexibility index (Phi) is 5.74. The van der Waals surface area contributed by atoms with Crippen LogP contribution in [0.25, 0.3) is 0 Å². The van der Waals surface area contributed by atoms with Crippen LogP contribution in [0.5, 0.6) is 23.0 Å². The van der Waals surface area contributed by atoms with E-state index in [1.807, 2.05) is 62.9 Å². The second kappa shape index (κ2) is 9.17. The summed E-state index contributed by atoms with van der Waals surface area (Å²) in [6.07, 6.45) is 1.80. The van der Waals surface area contributed by atoms with Crippen LogP contribution in [0.15, 0.2) is 60.7 Å². The summed E-state index contributed by atoms with van der Waals surface area (Å²) < 4.78 is 23.8. The second-order valence-corrected chi connectivity index (χ2v) is 12.4. The Hall–Kier alpha value is -3.30. The molecule has 7 nitrogen and oxygen atoms in total. The maximum atomic E-state index is 13.3. The lowest BCUT2D eigenvalue weighted by Crippen LogP contribution is -2.52. The van der Waals surface area contributed by atoms with Gasteiger partial charge in [0.25, 0.3) is 0 Å².